The summed E-state index contributed by atoms with van der Waals surface area (Å²) in [7, 11) is 0. The second-order valence-corrected chi connectivity index (χ2v) is 4.50. The zero-order chi connectivity index (χ0) is 11.1. The van der Waals surface area contributed by atoms with E-state index < -0.39 is 0 Å². The van der Waals surface area contributed by atoms with Crippen molar-refractivity contribution >= 4 is 22.1 Å². The Morgan fingerprint density at radius 2 is 2.25 bits per heavy atom. The Morgan fingerprint density at radius 1 is 1.38 bits per heavy atom. The van der Waals surface area contributed by atoms with E-state index in [2.05, 4.69) is 29.1 Å². The highest BCUT2D eigenvalue weighted by atomic mass is 32.1. The van der Waals surface area contributed by atoms with Gasteiger partial charge in [-0.15, -0.1) is 16.4 Å². The van der Waals surface area contributed by atoms with Crippen LogP contribution in [0, 0.1) is 6.92 Å². The molecule has 0 saturated carbocycles. The molecular formula is C11H10N4S. The lowest BCUT2D eigenvalue weighted by atomic mass is 10.1. The van der Waals surface area contributed by atoms with Crippen molar-refractivity contribution in [3.8, 4) is 11.4 Å². The standard InChI is InChI=1S/C11H10N4S/c1-7-3-2-4-8(5-7)10-13-11-15(14-10)9(12)6-16-11/h2-6H,12H2,1H3. The number of aryl methyl sites for hydroxylation is 1. The minimum atomic E-state index is 0.631. The molecule has 3 rings (SSSR count). The molecule has 80 valence electrons. The van der Waals surface area contributed by atoms with Crippen LogP contribution in [0.3, 0.4) is 0 Å². The Balaban J connectivity index is 2.19. The van der Waals surface area contributed by atoms with Crippen LogP contribution in [-0.4, -0.2) is 14.6 Å². The van der Waals surface area contributed by atoms with E-state index in [4.69, 9.17) is 5.73 Å². The van der Waals surface area contributed by atoms with E-state index in [1.165, 1.54) is 16.9 Å². The molecule has 0 aliphatic heterocycles. The molecule has 0 saturated heterocycles. The van der Waals surface area contributed by atoms with Crippen molar-refractivity contribution in [3.63, 3.8) is 0 Å². The number of nitrogen functional groups attached to an aromatic ring is 1. The van der Waals surface area contributed by atoms with Gasteiger partial charge in [0.15, 0.2) is 5.82 Å². The molecule has 0 bridgehead atoms. The van der Waals surface area contributed by atoms with E-state index in [9.17, 15) is 0 Å². The second-order valence-electron chi connectivity index (χ2n) is 3.66. The summed E-state index contributed by atoms with van der Waals surface area (Å²) < 4.78 is 1.67. The van der Waals surface area contributed by atoms with E-state index >= 15 is 0 Å². The Bertz CT molecular complexity index is 653. The average molecular weight is 230 g/mol. The molecule has 16 heavy (non-hydrogen) atoms. The van der Waals surface area contributed by atoms with E-state index in [0.29, 0.717) is 5.82 Å². The third-order valence-corrected chi connectivity index (χ3v) is 3.22. The topological polar surface area (TPSA) is 56.2 Å². The number of anilines is 1. The molecule has 2 N–H and O–H groups in total. The van der Waals surface area contributed by atoms with Crippen LogP contribution >= 0.6 is 11.3 Å². The molecule has 5 heteroatoms. The molecule has 0 fully saturated rings. The molecule has 0 unspecified atom stereocenters. The van der Waals surface area contributed by atoms with Crippen LogP contribution in [0.5, 0.6) is 0 Å². The van der Waals surface area contributed by atoms with E-state index in [0.717, 1.165) is 16.3 Å². The quantitative estimate of drug-likeness (QED) is 0.698. The number of nitrogens with zero attached hydrogens (tertiary/aromatic N) is 3. The highest BCUT2D eigenvalue weighted by Gasteiger charge is 2.09. The lowest BCUT2D eigenvalue weighted by Gasteiger charge is -1.96. The number of rotatable bonds is 1. The molecule has 0 spiro atoms. The summed E-state index contributed by atoms with van der Waals surface area (Å²) in [6.07, 6.45) is 0. The third kappa shape index (κ3) is 1.37. The highest BCUT2D eigenvalue weighted by molar-refractivity contribution is 7.15. The Labute approximate surface area is 96.4 Å². The summed E-state index contributed by atoms with van der Waals surface area (Å²) in [5, 5.41) is 6.22. The first kappa shape index (κ1) is 9.35. The van der Waals surface area contributed by atoms with Gasteiger partial charge >= 0.3 is 0 Å². The first-order valence-corrected chi connectivity index (χ1v) is 5.79. The molecular weight excluding hydrogens is 220 g/mol. The highest BCUT2D eigenvalue weighted by Crippen LogP contribution is 2.22. The van der Waals surface area contributed by atoms with E-state index in [1.807, 2.05) is 17.5 Å². The number of thiazole rings is 1. The van der Waals surface area contributed by atoms with Crippen molar-refractivity contribution in [1.29, 1.82) is 0 Å². The average Bonchev–Trinajstić information content (AvgIpc) is 2.81. The van der Waals surface area contributed by atoms with Crippen LogP contribution in [0.2, 0.25) is 0 Å². The molecule has 3 aromatic rings. The number of hydrogen-bond acceptors (Lipinski definition) is 4. The third-order valence-electron chi connectivity index (χ3n) is 2.38. The molecule has 4 nitrogen and oxygen atoms in total. The van der Waals surface area contributed by atoms with Crippen LogP contribution in [0.25, 0.3) is 16.3 Å². The molecule has 0 atom stereocenters. The smallest absolute Gasteiger partial charge is 0.214 e. The fraction of sp³-hybridized carbons (Fsp3) is 0.0909. The first-order valence-electron chi connectivity index (χ1n) is 4.91. The first-order chi connectivity index (χ1) is 7.74. The molecule has 2 aromatic heterocycles. The van der Waals surface area contributed by atoms with Gasteiger partial charge in [0.1, 0.15) is 5.82 Å². The van der Waals surface area contributed by atoms with Crippen LogP contribution < -0.4 is 5.73 Å². The number of aromatic nitrogens is 3. The number of hydrogen-bond donors (Lipinski definition) is 1. The maximum atomic E-state index is 5.77. The molecule has 0 amide bonds. The SMILES string of the molecule is Cc1cccc(-c2nc3scc(N)n3n2)c1. The molecule has 2 heterocycles. The van der Waals surface area contributed by atoms with Crippen LogP contribution in [0.4, 0.5) is 5.82 Å². The van der Waals surface area contributed by atoms with Crippen LogP contribution in [0.1, 0.15) is 5.56 Å². The van der Waals surface area contributed by atoms with Gasteiger partial charge in [0.25, 0.3) is 0 Å². The lowest BCUT2D eigenvalue weighted by molar-refractivity contribution is 0.993. The second kappa shape index (κ2) is 3.31. The maximum Gasteiger partial charge on any atom is 0.214 e. The van der Waals surface area contributed by atoms with E-state index in [-0.39, 0.29) is 0 Å². The summed E-state index contributed by atoms with van der Waals surface area (Å²) in [6, 6.07) is 8.12. The van der Waals surface area contributed by atoms with Crippen molar-refractivity contribution in [2.45, 2.75) is 6.92 Å². The fourth-order valence-corrected chi connectivity index (χ4v) is 2.32. The van der Waals surface area contributed by atoms with Crippen molar-refractivity contribution in [2.75, 3.05) is 5.73 Å². The molecule has 0 aliphatic carbocycles. The number of nitrogens with two attached hydrogens (primary N) is 1. The minimum absolute atomic E-state index is 0.631. The van der Waals surface area contributed by atoms with Crippen molar-refractivity contribution < 1.29 is 0 Å². The fourth-order valence-electron chi connectivity index (χ4n) is 1.61. The summed E-state index contributed by atoms with van der Waals surface area (Å²) in [6.45, 7) is 2.05. The molecule has 0 aliphatic rings. The Hall–Kier alpha value is -1.88. The van der Waals surface area contributed by atoms with Gasteiger partial charge < -0.3 is 5.73 Å². The largest absolute Gasteiger partial charge is 0.383 e. The zero-order valence-corrected chi connectivity index (χ0v) is 9.53. The van der Waals surface area contributed by atoms with Crippen molar-refractivity contribution in [1.82, 2.24) is 14.6 Å². The van der Waals surface area contributed by atoms with Gasteiger partial charge in [-0.25, -0.2) is 0 Å². The monoisotopic (exact) mass is 230 g/mol. The minimum Gasteiger partial charge on any atom is -0.383 e. The maximum absolute atomic E-state index is 5.77. The summed E-state index contributed by atoms with van der Waals surface area (Å²) in [4.78, 5) is 5.26. The Kier molecular flexibility index (Phi) is 1.94. The van der Waals surface area contributed by atoms with E-state index in [1.54, 1.807) is 4.52 Å². The summed E-state index contributed by atoms with van der Waals surface area (Å²) >= 11 is 1.50. The van der Waals surface area contributed by atoms with Gasteiger partial charge in [-0.2, -0.15) is 9.50 Å². The van der Waals surface area contributed by atoms with Gasteiger partial charge in [0.2, 0.25) is 4.96 Å². The van der Waals surface area contributed by atoms with Gasteiger partial charge in [0, 0.05) is 10.9 Å². The molecule has 0 radical (unpaired) electrons. The summed E-state index contributed by atoms with van der Waals surface area (Å²) in [5.74, 6) is 1.36. The van der Waals surface area contributed by atoms with Crippen molar-refractivity contribution in [3.05, 3.63) is 35.2 Å². The Morgan fingerprint density at radius 3 is 3.00 bits per heavy atom. The molecule has 1 aromatic carbocycles. The van der Waals surface area contributed by atoms with Gasteiger partial charge in [-0.1, -0.05) is 23.8 Å². The lowest BCUT2D eigenvalue weighted by Crippen LogP contribution is -1.92. The summed E-state index contributed by atoms with van der Waals surface area (Å²) in [5.41, 5.74) is 7.99. The van der Waals surface area contributed by atoms with Crippen molar-refractivity contribution in [2.24, 2.45) is 0 Å². The predicted molar refractivity (Wildman–Crippen MR) is 65.4 cm³/mol. The van der Waals surface area contributed by atoms with Gasteiger partial charge in [-0.3, -0.25) is 0 Å². The normalized spacial score (nSPS) is 11.1. The van der Waals surface area contributed by atoms with Gasteiger partial charge in [0.05, 0.1) is 0 Å². The van der Waals surface area contributed by atoms with Crippen LogP contribution in [0.15, 0.2) is 29.6 Å². The number of benzene rings is 1. The van der Waals surface area contributed by atoms with Gasteiger partial charge in [-0.05, 0) is 13.0 Å². The number of fused-ring (bicyclic) bond motifs is 1. The predicted octanol–water partition coefficient (Wildman–Crippen LogP) is 2.35. The zero-order valence-electron chi connectivity index (χ0n) is 8.71. The van der Waals surface area contributed by atoms with Crippen LogP contribution in [-0.2, 0) is 0 Å².